The molecule has 0 spiro atoms. The Hall–Kier alpha value is -3.23. The molecule has 9 heteroatoms. The van der Waals surface area contributed by atoms with E-state index in [1.54, 1.807) is 13.0 Å². The first-order chi connectivity index (χ1) is 10.5. The number of amides is 1. The predicted molar refractivity (Wildman–Crippen MR) is 76.9 cm³/mol. The van der Waals surface area contributed by atoms with Crippen LogP contribution in [0.2, 0.25) is 0 Å². The number of rotatable bonds is 2. The molecule has 0 radical (unpaired) electrons. The molecule has 0 aliphatic carbocycles. The Morgan fingerprint density at radius 2 is 2.00 bits per heavy atom. The number of carbonyl (C=O) groups excluding carboxylic acids is 1. The van der Waals surface area contributed by atoms with E-state index in [2.05, 4.69) is 20.4 Å². The summed E-state index contributed by atoms with van der Waals surface area (Å²) >= 11 is 0. The van der Waals surface area contributed by atoms with Crippen molar-refractivity contribution < 1.29 is 9.32 Å². The van der Waals surface area contributed by atoms with Crippen molar-refractivity contribution in [2.24, 2.45) is 0 Å². The lowest BCUT2D eigenvalue weighted by Crippen LogP contribution is -2.28. The monoisotopic (exact) mass is 301 g/mol. The fourth-order valence-corrected chi connectivity index (χ4v) is 2.00. The first kappa shape index (κ1) is 13.7. The number of H-pyrrole nitrogens is 2. The summed E-state index contributed by atoms with van der Waals surface area (Å²) in [5, 5.41) is 6.87. The zero-order valence-corrected chi connectivity index (χ0v) is 11.7. The van der Waals surface area contributed by atoms with Crippen LogP contribution in [0.15, 0.2) is 26.2 Å². The molecule has 0 saturated carbocycles. The molecular weight excluding hydrogens is 290 g/mol. The van der Waals surface area contributed by atoms with Crippen LogP contribution in [0.4, 0.5) is 5.69 Å². The van der Waals surface area contributed by atoms with E-state index < -0.39 is 17.2 Å². The van der Waals surface area contributed by atoms with Crippen molar-refractivity contribution >= 4 is 22.7 Å². The van der Waals surface area contributed by atoms with Gasteiger partial charge >= 0.3 is 5.69 Å². The molecule has 3 aromatic rings. The third-order valence-corrected chi connectivity index (χ3v) is 3.12. The number of aromatic amines is 2. The smallest absolute Gasteiger partial charge is 0.326 e. The summed E-state index contributed by atoms with van der Waals surface area (Å²) < 4.78 is 5.00. The zero-order valence-electron chi connectivity index (χ0n) is 11.7. The van der Waals surface area contributed by atoms with E-state index in [9.17, 15) is 14.4 Å². The van der Waals surface area contributed by atoms with Gasteiger partial charge in [0.1, 0.15) is 11.4 Å². The number of hydrogen-bond donors (Lipinski definition) is 3. The number of carbonyl (C=O) groups is 1. The van der Waals surface area contributed by atoms with Crippen LogP contribution in [0.1, 0.15) is 21.9 Å². The van der Waals surface area contributed by atoms with Crippen LogP contribution >= 0.6 is 0 Å². The fourth-order valence-electron chi connectivity index (χ4n) is 2.00. The van der Waals surface area contributed by atoms with E-state index in [4.69, 9.17) is 4.52 Å². The highest BCUT2D eigenvalue weighted by Gasteiger charge is 2.15. The molecule has 0 saturated heterocycles. The van der Waals surface area contributed by atoms with Crippen molar-refractivity contribution in [1.82, 2.24) is 20.1 Å². The summed E-state index contributed by atoms with van der Waals surface area (Å²) in [4.78, 5) is 43.5. The first-order valence-corrected chi connectivity index (χ1v) is 6.33. The molecular formula is C13H11N5O4. The van der Waals surface area contributed by atoms with Crippen LogP contribution in [0.3, 0.4) is 0 Å². The topological polar surface area (TPSA) is 134 Å². The summed E-state index contributed by atoms with van der Waals surface area (Å²) in [7, 11) is 0. The number of anilines is 1. The van der Waals surface area contributed by atoms with E-state index in [1.165, 1.54) is 13.0 Å². The van der Waals surface area contributed by atoms with Gasteiger partial charge in [0.25, 0.3) is 17.2 Å². The number of fused-ring (bicyclic) bond motifs is 1. The quantitative estimate of drug-likeness (QED) is 0.630. The minimum absolute atomic E-state index is 0.0414. The highest BCUT2D eigenvalue weighted by Crippen LogP contribution is 2.16. The lowest BCUT2D eigenvalue weighted by atomic mass is 10.2. The molecule has 0 unspecified atom stereocenters. The SMILES string of the molecule is Cc1[nH]c(=O)[nH]c(=O)c1NC(=O)c1ccc2c(C)noc2n1. The van der Waals surface area contributed by atoms with Crippen molar-refractivity contribution in [2.45, 2.75) is 13.8 Å². The number of pyridine rings is 1. The van der Waals surface area contributed by atoms with Crippen LogP contribution in [0.25, 0.3) is 11.1 Å². The van der Waals surface area contributed by atoms with E-state index in [1.807, 2.05) is 4.98 Å². The summed E-state index contributed by atoms with van der Waals surface area (Å²) in [6.45, 7) is 3.26. The second kappa shape index (κ2) is 4.95. The molecule has 0 aliphatic heterocycles. The molecule has 0 aromatic carbocycles. The molecule has 1 amide bonds. The first-order valence-electron chi connectivity index (χ1n) is 6.33. The number of aryl methyl sites for hydroxylation is 2. The van der Waals surface area contributed by atoms with Crippen LogP contribution in [0, 0.1) is 13.8 Å². The molecule has 0 bridgehead atoms. The third kappa shape index (κ3) is 2.28. The summed E-state index contributed by atoms with van der Waals surface area (Å²) in [6, 6.07) is 3.16. The molecule has 22 heavy (non-hydrogen) atoms. The maximum absolute atomic E-state index is 12.2. The van der Waals surface area contributed by atoms with Gasteiger partial charge in [-0.2, -0.15) is 0 Å². The van der Waals surface area contributed by atoms with E-state index in [0.29, 0.717) is 11.1 Å². The van der Waals surface area contributed by atoms with Gasteiger partial charge in [0.2, 0.25) is 0 Å². The fraction of sp³-hybridized carbons (Fsp3) is 0.154. The highest BCUT2D eigenvalue weighted by atomic mass is 16.5. The Balaban J connectivity index is 1.97. The third-order valence-electron chi connectivity index (χ3n) is 3.12. The van der Waals surface area contributed by atoms with Gasteiger partial charge < -0.3 is 14.8 Å². The Morgan fingerprint density at radius 1 is 1.23 bits per heavy atom. The lowest BCUT2D eigenvalue weighted by molar-refractivity contribution is 0.102. The summed E-state index contributed by atoms with van der Waals surface area (Å²) in [5.74, 6) is -0.600. The van der Waals surface area contributed by atoms with Crippen molar-refractivity contribution in [3.8, 4) is 0 Å². The van der Waals surface area contributed by atoms with Gasteiger partial charge in [0, 0.05) is 5.69 Å². The lowest BCUT2D eigenvalue weighted by Gasteiger charge is -2.05. The number of nitrogens with zero attached hydrogens (tertiary/aromatic N) is 2. The average molecular weight is 301 g/mol. The molecule has 0 fully saturated rings. The van der Waals surface area contributed by atoms with Crippen LogP contribution < -0.4 is 16.6 Å². The Kier molecular flexibility index (Phi) is 3.09. The van der Waals surface area contributed by atoms with Crippen molar-refractivity contribution in [1.29, 1.82) is 0 Å². The Morgan fingerprint density at radius 3 is 2.73 bits per heavy atom. The summed E-state index contributed by atoms with van der Waals surface area (Å²) in [6.07, 6.45) is 0. The standard InChI is InChI=1S/C13H11N5O4/c1-5-7-3-4-8(15-12(7)22-18-5)10(19)16-9-6(2)14-13(21)17-11(9)20/h3-4H,1-2H3,(H,16,19)(H2,14,17,20,21). The number of hydrogen-bond acceptors (Lipinski definition) is 6. The highest BCUT2D eigenvalue weighted by molar-refractivity contribution is 6.04. The van der Waals surface area contributed by atoms with Gasteiger partial charge in [-0.3, -0.25) is 14.6 Å². The Labute approximate surface area is 122 Å². The van der Waals surface area contributed by atoms with Crippen molar-refractivity contribution in [2.75, 3.05) is 5.32 Å². The number of nitrogens with one attached hydrogen (secondary N) is 3. The normalized spacial score (nSPS) is 10.8. The molecule has 3 rings (SSSR count). The van der Waals surface area contributed by atoms with Gasteiger partial charge in [0.05, 0.1) is 11.1 Å². The van der Waals surface area contributed by atoms with Crippen LogP contribution in [-0.2, 0) is 0 Å². The maximum Gasteiger partial charge on any atom is 0.326 e. The van der Waals surface area contributed by atoms with E-state index >= 15 is 0 Å². The molecule has 112 valence electrons. The van der Waals surface area contributed by atoms with Gasteiger partial charge in [-0.15, -0.1) is 0 Å². The van der Waals surface area contributed by atoms with Gasteiger partial charge in [-0.1, -0.05) is 5.16 Å². The average Bonchev–Trinajstić information content (AvgIpc) is 2.83. The molecule has 0 aliphatic rings. The molecule has 3 heterocycles. The van der Waals surface area contributed by atoms with E-state index in [-0.39, 0.29) is 22.8 Å². The largest absolute Gasteiger partial charge is 0.336 e. The van der Waals surface area contributed by atoms with Crippen LogP contribution in [0.5, 0.6) is 0 Å². The molecule has 3 N–H and O–H groups in total. The van der Waals surface area contributed by atoms with Gasteiger partial charge in [-0.05, 0) is 26.0 Å². The second-order valence-corrected chi connectivity index (χ2v) is 4.68. The minimum Gasteiger partial charge on any atom is -0.336 e. The maximum atomic E-state index is 12.2. The van der Waals surface area contributed by atoms with E-state index in [0.717, 1.165) is 0 Å². The summed E-state index contributed by atoms with van der Waals surface area (Å²) in [5.41, 5.74) is -0.157. The number of aromatic nitrogens is 4. The Bertz CT molecular complexity index is 998. The molecule has 3 aromatic heterocycles. The van der Waals surface area contributed by atoms with Gasteiger partial charge in [-0.25, -0.2) is 9.78 Å². The van der Waals surface area contributed by atoms with Crippen LogP contribution in [-0.4, -0.2) is 26.0 Å². The van der Waals surface area contributed by atoms with Crippen molar-refractivity contribution in [3.63, 3.8) is 0 Å². The van der Waals surface area contributed by atoms with Crippen molar-refractivity contribution in [3.05, 3.63) is 50.1 Å². The van der Waals surface area contributed by atoms with Gasteiger partial charge in [0.15, 0.2) is 0 Å². The predicted octanol–water partition coefficient (Wildman–Crippen LogP) is 0.469. The molecule has 0 atom stereocenters. The minimum atomic E-state index is -0.689. The zero-order chi connectivity index (χ0) is 15.9. The molecule has 9 nitrogen and oxygen atoms in total. The second-order valence-electron chi connectivity index (χ2n) is 4.68.